The van der Waals surface area contributed by atoms with Crippen LogP contribution in [0.1, 0.15) is 18.1 Å². The second-order valence-corrected chi connectivity index (χ2v) is 4.09. The SMILES string of the molecule is CCOCC(CN)(C(=O)O)c1ccc(C)cc1. The Morgan fingerprint density at radius 2 is 2.00 bits per heavy atom. The maximum Gasteiger partial charge on any atom is 0.317 e. The molecule has 1 atom stereocenters. The zero-order valence-electron chi connectivity index (χ0n) is 10.3. The van der Waals surface area contributed by atoms with Gasteiger partial charge in [0, 0.05) is 13.2 Å². The summed E-state index contributed by atoms with van der Waals surface area (Å²) in [7, 11) is 0. The summed E-state index contributed by atoms with van der Waals surface area (Å²) in [6.07, 6.45) is 0. The predicted octanol–water partition coefficient (Wildman–Crippen LogP) is 1.31. The minimum absolute atomic E-state index is 0.0192. The van der Waals surface area contributed by atoms with Crippen LogP contribution in [0.5, 0.6) is 0 Å². The first-order chi connectivity index (χ1) is 8.06. The molecular formula is C13H19NO3. The smallest absolute Gasteiger partial charge is 0.317 e. The third kappa shape index (κ3) is 2.84. The number of nitrogens with two attached hydrogens (primary N) is 1. The van der Waals surface area contributed by atoms with Crippen LogP contribution in [0.15, 0.2) is 24.3 Å². The molecule has 0 spiro atoms. The Kier molecular flexibility index (Phi) is 4.66. The van der Waals surface area contributed by atoms with Crippen molar-refractivity contribution in [2.75, 3.05) is 19.8 Å². The molecule has 3 N–H and O–H groups in total. The van der Waals surface area contributed by atoms with Crippen LogP contribution < -0.4 is 5.73 Å². The number of ether oxygens (including phenoxy) is 1. The number of hydrogen-bond acceptors (Lipinski definition) is 3. The third-order valence-electron chi connectivity index (χ3n) is 2.91. The molecule has 0 amide bonds. The molecule has 0 radical (unpaired) electrons. The lowest BCUT2D eigenvalue weighted by molar-refractivity contribution is -0.146. The van der Waals surface area contributed by atoms with Gasteiger partial charge in [0.15, 0.2) is 0 Å². The first-order valence-electron chi connectivity index (χ1n) is 5.65. The number of aliphatic carboxylic acids is 1. The van der Waals surface area contributed by atoms with Crippen LogP contribution in [0.4, 0.5) is 0 Å². The number of hydrogen-bond donors (Lipinski definition) is 2. The van der Waals surface area contributed by atoms with Gasteiger partial charge in [-0.3, -0.25) is 4.79 Å². The fourth-order valence-corrected chi connectivity index (χ4v) is 1.68. The molecule has 1 aromatic carbocycles. The highest BCUT2D eigenvalue weighted by molar-refractivity contribution is 5.82. The predicted molar refractivity (Wildman–Crippen MR) is 66.0 cm³/mol. The van der Waals surface area contributed by atoms with Gasteiger partial charge in [-0.05, 0) is 19.4 Å². The lowest BCUT2D eigenvalue weighted by Crippen LogP contribution is -2.47. The molecule has 1 aromatic rings. The van der Waals surface area contributed by atoms with Crippen molar-refractivity contribution >= 4 is 5.97 Å². The molecule has 4 nitrogen and oxygen atoms in total. The fourth-order valence-electron chi connectivity index (χ4n) is 1.68. The quantitative estimate of drug-likeness (QED) is 0.782. The molecule has 0 saturated carbocycles. The van der Waals surface area contributed by atoms with Crippen molar-refractivity contribution in [2.45, 2.75) is 19.3 Å². The largest absolute Gasteiger partial charge is 0.480 e. The number of carboxylic acids is 1. The number of carboxylic acid groups (broad SMARTS) is 1. The molecule has 0 bridgehead atoms. The summed E-state index contributed by atoms with van der Waals surface area (Å²) in [6, 6.07) is 7.37. The van der Waals surface area contributed by atoms with Gasteiger partial charge in [0.25, 0.3) is 0 Å². The fraction of sp³-hybridized carbons (Fsp3) is 0.462. The molecule has 17 heavy (non-hydrogen) atoms. The van der Waals surface area contributed by atoms with Crippen molar-refractivity contribution in [3.05, 3.63) is 35.4 Å². The Labute approximate surface area is 101 Å². The lowest BCUT2D eigenvalue weighted by Gasteiger charge is -2.28. The number of aryl methyl sites for hydroxylation is 1. The average molecular weight is 237 g/mol. The van der Waals surface area contributed by atoms with Crippen molar-refractivity contribution in [1.82, 2.24) is 0 Å². The number of rotatable bonds is 6. The summed E-state index contributed by atoms with van der Waals surface area (Å²) in [5, 5.41) is 9.41. The van der Waals surface area contributed by atoms with Crippen LogP contribution in [0.25, 0.3) is 0 Å². The summed E-state index contributed by atoms with van der Waals surface area (Å²) in [5.74, 6) is -0.947. The minimum atomic E-state index is -1.15. The zero-order chi connectivity index (χ0) is 12.9. The van der Waals surface area contributed by atoms with Crippen LogP contribution >= 0.6 is 0 Å². The molecule has 0 aromatic heterocycles. The van der Waals surface area contributed by atoms with E-state index in [4.69, 9.17) is 10.5 Å². The van der Waals surface area contributed by atoms with Gasteiger partial charge in [-0.1, -0.05) is 29.8 Å². The maximum atomic E-state index is 11.5. The lowest BCUT2D eigenvalue weighted by atomic mass is 9.81. The van der Waals surface area contributed by atoms with Gasteiger partial charge in [-0.25, -0.2) is 0 Å². The first-order valence-corrected chi connectivity index (χ1v) is 5.65. The van der Waals surface area contributed by atoms with Crippen molar-refractivity contribution < 1.29 is 14.6 Å². The Morgan fingerprint density at radius 1 is 1.41 bits per heavy atom. The van der Waals surface area contributed by atoms with Crippen LogP contribution in [-0.4, -0.2) is 30.8 Å². The topological polar surface area (TPSA) is 72.5 Å². The summed E-state index contributed by atoms with van der Waals surface area (Å²) < 4.78 is 5.28. The third-order valence-corrected chi connectivity index (χ3v) is 2.91. The van der Waals surface area contributed by atoms with Gasteiger partial charge in [-0.2, -0.15) is 0 Å². The van der Waals surface area contributed by atoms with Gasteiger partial charge in [0.05, 0.1) is 6.61 Å². The number of carbonyl (C=O) groups is 1. The van der Waals surface area contributed by atoms with E-state index >= 15 is 0 Å². The van der Waals surface area contributed by atoms with E-state index in [2.05, 4.69) is 0 Å². The van der Waals surface area contributed by atoms with E-state index in [-0.39, 0.29) is 13.2 Å². The molecular weight excluding hydrogens is 218 g/mol. The normalized spacial score (nSPS) is 14.3. The molecule has 0 aliphatic rings. The average Bonchev–Trinajstić information content (AvgIpc) is 2.32. The molecule has 0 heterocycles. The highest BCUT2D eigenvalue weighted by atomic mass is 16.5. The van der Waals surface area contributed by atoms with Crippen LogP contribution in [0.2, 0.25) is 0 Å². The molecule has 1 unspecified atom stereocenters. The van der Waals surface area contributed by atoms with Gasteiger partial charge in [0.1, 0.15) is 5.41 Å². The van der Waals surface area contributed by atoms with E-state index < -0.39 is 11.4 Å². The Morgan fingerprint density at radius 3 is 2.41 bits per heavy atom. The minimum Gasteiger partial charge on any atom is -0.480 e. The van der Waals surface area contributed by atoms with Crippen LogP contribution in [-0.2, 0) is 14.9 Å². The van der Waals surface area contributed by atoms with E-state index in [0.29, 0.717) is 12.2 Å². The van der Waals surface area contributed by atoms with E-state index in [1.807, 2.05) is 26.0 Å². The Hall–Kier alpha value is -1.39. The van der Waals surface area contributed by atoms with E-state index in [9.17, 15) is 9.90 Å². The van der Waals surface area contributed by atoms with Crippen LogP contribution in [0.3, 0.4) is 0 Å². The summed E-state index contributed by atoms with van der Waals surface area (Å²) in [6.45, 7) is 4.38. The molecule has 0 fully saturated rings. The molecule has 0 aliphatic carbocycles. The van der Waals surface area contributed by atoms with Crippen molar-refractivity contribution in [3.63, 3.8) is 0 Å². The van der Waals surface area contributed by atoms with Crippen molar-refractivity contribution in [3.8, 4) is 0 Å². The Balaban J connectivity index is 3.12. The van der Waals surface area contributed by atoms with E-state index in [1.165, 1.54) is 0 Å². The summed E-state index contributed by atoms with van der Waals surface area (Å²) >= 11 is 0. The Bertz CT molecular complexity index is 375. The molecule has 0 saturated heterocycles. The molecule has 94 valence electrons. The number of benzene rings is 1. The second-order valence-electron chi connectivity index (χ2n) is 4.09. The standard InChI is InChI=1S/C13H19NO3/c1-3-17-9-13(8-14,12(15)16)11-6-4-10(2)5-7-11/h4-7H,3,8-9,14H2,1-2H3,(H,15,16). The van der Waals surface area contributed by atoms with Crippen molar-refractivity contribution in [1.29, 1.82) is 0 Å². The maximum absolute atomic E-state index is 11.5. The zero-order valence-corrected chi connectivity index (χ0v) is 10.3. The molecule has 1 rings (SSSR count). The van der Waals surface area contributed by atoms with Gasteiger partial charge < -0.3 is 15.6 Å². The van der Waals surface area contributed by atoms with E-state index in [1.54, 1.807) is 12.1 Å². The van der Waals surface area contributed by atoms with Crippen molar-refractivity contribution in [2.24, 2.45) is 5.73 Å². The van der Waals surface area contributed by atoms with Gasteiger partial charge >= 0.3 is 5.97 Å². The summed E-state index contributed by atoms with van der Waals surface area (Å²) in [4.78, 5) is 11.5. The molecule has 0 aliphatic heterocycles. The van der Waals surface area contributed by atoms with E-state index in [0.717, 1.165) is 5.56 Å². The highest BCUT2D eigenvalue weighted by Crippen LogP contribution is 2.24. The monoisotopic (exact) mass is 237 g/mol. The van der Waals surface area contributed by atoms with Gasteiger partial charge in [-0.15, -0.1) is 0 Å². The second kappa shape index (κ2) is 5.80. The van der Waals surface area contributed by atoms with Crippen LogP contribution in [0, 0.1) is 6.92 Å². The highest BCUT2D eigenvalue weighted by Gasteiger charge is 2.39. The molecule has 4 heteroatoms. The van der Waals surface area contributed by atoms with Gasteiger partial charge in [0.2, 0.25) is 0 Å². The summed E-state index contributed by atoms with van der Waals surface area (Å²) in [5.41, 5.74) is 6.28. The first kappa shape index (κ1) is 13.7.